The summed E-state index contributed by atoms with van der Waals surface area (Å²) in [5.74, 6) is 0.565. The van der Waals surface area contributed by atoms with Gasteiger partial charge in [0.2, 0.25) is 0 Å². The smallest absolute Gasteiger partial charge is 0.262 e. The number of rotatable bonds is 5. The van der Waals surface area contributed by atoms with Crippen LogP contribution in [0.3, 0.4) is 0 Å². The van der Waals surface area contributed by atoms with Crippen LogP contribution >= 0.6 is 0 Å². The summed E-state index contributed by atoms with van der Waals surface area (Å²) in [5.41, 5.74) is 4.17. The lowest BCUT2D eigenvalue weighted by molar-refractivity contribution is 0.600. The largest absolute Gasteiger partial charge is 0.340 e. The van der Waals surface area contributed by atoms with E-state index >= 15 is 0 Å². The zero-order chi connectivity index (χ0) is 20.3. The second kappa shape index (κ2) is 7.71. The summed E-state index contributed by atoms with van der Waals surface area (Å²) in [6.07, 6.45) is 1.46. The molecule has 142 valence electrons. The maximum absolute atomic E-state index is 12.8. The minimum atomic E-state index is -3.71. The molecule has 0 saturated carbocycles. The van der Waals surface area contributed by atoms with E-state index in [1.165, 1.54) is 6.20 Å². The Morgan fingerprint density at radius 3 is 2.07 bits per heavy atom. The molecule has 0 bridgehead atoms. The molecule has 3 aromatic rings. The summed E-state index contributed by atoms with van der Waals surface area (Å²) in [6, 6.07) is 16.1. The van der Waals surface area contributed by atoms with Crippen LogP contribution in [0, 0.1) is 32.1 Å². The van der Waals surface area contributed by atoms with E-state index in [1.54, 1.807) is 50.2 Å². The Morgan fingerprint density at radius 1 is 0.929 bits per heavy atom. The van der Waals surface area contributed by atoms with E-state index in [2.05, 4.69) is 21.1 Å². The molecule has 0 aliphatic heterocycles. The predicted molar refractivity (Wildman–Crippen MR) is 110 cm³/mol. The molecule has 0 atom stereocenters. The topological polar surface area (TPSA) is 94.9 Å². The molecule has 0 fully saturated rings. The van der Waals surface area contributed by atoms with Crippen molar-refractivity contribution in [3.63, 3.8) is 0 Å². The van der Waals surface area contributed by atoms with Crippen LogP contribution in [0.1, 0.15) is 22.3 Å². The number of hydrogen-bond donors (Lipinski definition) is 2. The van der Waals surface area contributed by atoms with Crippen molar-refractivity contribution in [3.8, 4) is 6.07 Å². The zero-order valence-corrected chi connectivity index (χ0v) is 16.6. The third-order valence-corrected chi connectivity index (χ3v) is 5.86. The minimum absolute atomic E-state index is 0.290. The van der Waals surface area contributed by atoms with Crippen molar-refractivity contribution in [1.29, 1.82) is 5.26 Å². The summed E-state index contributed by atoms with van der Waals surface area (Å²) < 4.78 is 28.2. The quantitative estimate of drug-likeness (QED) is 0.670. The first-order valence-electron chi connectivity index (χ1n) is 8.62. The van der Waals surface area contributed by atoms with Gasteiger partial charge in [-0.15, -0.1) is 0 Å². The second-order valence-electron chi connectivity index (χ2n) is 6.58. The van der Waals surface area contributed by atoms with Crippen LogP contribution in [0.2, 0.25) is 0 Å². The van der Waals surface area contributed by atoms with Crippen LogP contribution in [-0.2, 0) is 10.0 Å². The molecule has 0 spiro atoms. The third kappa shape index (κ3) is 4.30. The first-order chi connectivity index (χ1) is 13.3. The molecule has 2 N–H and O–H groups in total. The molecule has 0 unspecified atom stereocenters. The SMILES string of the molecule is Cc1cc(C)c(S(=O)(=O)Nc2ccc(Nc3ccc(C#N)cc3)nc2)c(C)c1. The molecule has 1 aromatic heterocycles. The Bertz CT molecular complexity index is 1120. The number of anilines is 3. The first kappa shape index (κ1) is 19.4. The number of aromatic nitrogens is 1. The number of benzene rings is 2. The van der Waals surface area contributed by atoms with Gasteiger partial charge in [-0.1, -0.05) is 17.7 Å². The summed E-state index contributed by atoms with van der Waals surface area (Å²) in [6.45, 7) is 5.52. The van der Waals surface area contributed by atoms with Gasteiger partial charge in [-0.2, -0.15) is 5.26 Å². The number of aryl methyl sites for hydroxylation is 3. The van der Waals surface area contributed by atoms with Gasteiger partial charge in [0.1, 0.15) is 5.82 Å². The average Bonchev–Trinajstić information content (AvgIpc) is 2.62. The predicted octanol–water partition coefficient (Wildman–Crippen LogP) is 4.42. The van der Waals surface area contributed by atoms with E-state index in [4.69, 9.17) is 5.26 Å². The number of nitrogens with zero attached hydrogens (tertiary/aromatic N) is 2. The van der Waals surface area contributed by atoms with E-state index in [0.717, 1.165) is 11.3 Å². The summed E-state index contributed by atoms with van der Waals surface area (Å²) >= 11 is 0. The highest BCUT2D eigenvalue weighted by molar-refractivity contribution is 7.92. The maximum Gasteiger partial charge on any atom is 0.262 e. The van der Waals surface area contributed by atoms with Crippen molar-refractivity contribution in [3.05, 3.63) is 77.0 Å². The van der Waals surface area contributed by atoms with E-state index < -0.39 is 10.0 Å². The molecular weight excluding hydrogens is 372 g/mol. The van der Waals surface area contributed by atoms with Crippen molar-refractivity contribution in [2.75, 3.05) is 10.0 Å². The van der Waals surface area contributed by atoms with Gasteiger partial charge in [0, 0.05) is 5.69 Å². The Hall–Kier alpha value is -3.37. The molecule has 0 aliphatic carbocycles. The van der Waals surface area contributed by atoms with Crippen LogP contribution in [0.4, 0.5) is 17.2 Å². The van der Waals surface area contributed by atoms with Gasteiger partial charge in [-0.3, -0.25) is 4.72 Å². The molecule has 0 radical (unpaired) electrons. The Kier molecular flexibility index (Phi) is 5.34. The van der Waals surface area contributed by atoms with Gasteiger partial charge in [0.25, 0.3) is 10.0 Å². The first-order valence-corrected chi connectivity index (χ1v) is 10.1. The fourth-order valence-electron chi connectivity index (χ4n) is 3.10. The number of pyridine rings is 1. The zero-order valence-electron chi connectivity index (χ0n) is 15.8. The third-order valence-electron chi connectivity index (χ3n) is 4.18. The Balaban J connectivity index is 1.77. The van der Waals surface area contributed by atoms with Crippen LogP contribution in [0.5, 0.6) is 0 Å². The summed E-state index contributed by atoms with van der Waals surface area (Å²) in [4.78, 5) is 4.54. The molecule has 1 heterocycles. The van der Waals surface area contributed by atoms with Crippen LogP contribution in [0.15, 0.2) is 59.6 Å². The van der Waals surface area contributed by atoms with Gasteiger partial charge in [0.05, 0.1) is 28.4 Å². The second-order valence-corrected chi connectivity index (χ2v) is 8.20. The van der Waals surface area contributed by atoms with Crippen LogP contribution in [-0.4, -0.2) is 13.4 Å². The fraction of sp³-hybridized carbons (Fsp3) is 0.143. The van der Waals surface area contributed by atoms with Crippen molar-refractivity contribution in [1.82, 2.24) is 4.98 Å². The van der Waals surface area contributed by atoms with Crippen molar-refractivity contribution >= 4 is 27.2 Å². The van der Waals surface area contributed by atoms with Crippen molar-refractivity contribution in [2.24, 2.45) is 0 Å². The number of sulfonamides is 1. The molecule has 0 aliphatic rings. The normalized spacial score (nSPS) is 10.9. The fourth-order valence-corrected chi connectivity index (χ4v) is 4.60. The van der Waals surface area contributed by atoms with E-state index in [0.29, 0.717) is 28.2 Å². The number of nitrogens with one attached hydrogen (secondary N) is 2. The lowest BCUT2D eigenvalue weighted by Crippen LogP contribution is -2.16. The molecule has 6 nitrogen and oxygen atoms in total. The van der Waals surface area contributed by atoms with E-state index in [1.807, 2.05) is 19.1 Å². The van der Waals surface area contributed by atoms with E-state index in [-0.39, 0.29) is 4.90 Å². The summed E-state index contributed by atoms with van der Waals surface area (Å²) in [7, 11) is -3.71. The Labute approximate surface area is 164 Å². The molecule has 0 amide bonds. The Morgan fingerprint density at radius 2 is 1.54 bits per heavy atom. The highest BCUT2D eigenvalue weighted by Crippen LogP contribution is 2.25. The van der Waals surface area contributed by atoms with Gasteiger partial charge < -0.3 is 5.32 Å². The van der Waals surface area contributed by atoms with Gasteiger partial charge in [0.15, 0.2) is 0 Å². The van der Waals surface area contributed by atoms with Gasteiger partial charge >= 0.3 is 0 Å². The molecule has 28 heavy (non-hydrogen) atoms. The van der Waals surface area contributed by atoms with Crippen molar-refractivity contribution < 1.29 is 8.42 Å². The number of hydrogen-bond acceptors (Lipinski definition) is 5. The maximum atomic E-state index is 12.8. The highest BCUT2D eigenvalue weighted by Gasteiger charge is 2.20. The lowest BCUT2D eigenvalue weighted by Gasteiger charge is -2.14. The van der Waals surface area contributed by atoms with Crippen LogP contribution < -0.4 is 10.0 Å². The highest BCUT2D eigenvalue weighted by atomic mass is 32.2. The molecule has 0 saturated heterocycles. The van der Waals surface area contributed by atoms with Crippen molar-refractivity contribution in [2.45, 2.75) is 25.7 Å². The van der Waals surface area contributed by atoms with Gasteiger partial charge in [-0.25, -0.2) is 13.4 Å². The molecule has 2 aromatic carbocycles. The monoisotopic (exact) mass is 392 g/mol. The van der Waals surface area contributed by atoms with Crippen LogP contribution in [0.25, 0.3) is 0 Å². The molecule has 7 heteroatoms. The van der Waals surface area contributed by atoms with Gasteiger partial charge in [-0.05, 0) is 68.3 Å². The lowest BCUT2D eigenvalue weighted by atomic mass is 10.1. The molecular formula is C21H20N4O2S. The average molecular weight is 392 g/mol. The standard InChI is InChI=1S/C21H20N4O2S/c1-14-10-15(2)21(16(3)11-14)28(26,27)25-19-8-9-20(23-13-19)24-18-6-4-17(12-22)5-7-18/h4-11,13,25H,1-3H3,(H,23,24). The summed E-state index contributed by atoms with van der Waals surface area (Å²) in [5, 5.41) is 11.9. The minimum Gasteiger partial charge on any atom is -0.340 e. The van der Waals surface area contributed by atoms with E-state index in [9.17, 15) is 8.42 Å². The molecule has 3 rings (SSSR count). The number of nitriles is 1.